The summed E-state index contributed by atoms with van der Waals surface area (Å²) in [6, 6.07) is 5.60. The zero-order chi connectivity index (χ0) is 13.2. The van der Waals surface area contributed by atoms with Gasteiger partial charge < -0.3 is 9.47 Å². The van der Waals surface area contributed by atoms with Gasteiger partial charge in [-0.2, -0.15) is 0 Å². The highest BCUT2D eigenvalue weighted by molar-refractivity contribution is 5.88. The van der Waals surface area contributed by atoms with Crippen LogP contribution in [0.2, 0.25) is 0 Å². The number of nitrogens with zero attached hydrogens (tertiary/aromatic N) is 2. The number of pyridine rings is 1. The average Bonchev–Trinajstić information content (AvgIpc) is 3.04. The van der Waals surface area contributed by atoms with Crippen LogP contribution in [-0.4, -0.2) is 34.7 Å². The number of hydrogen-bond acceptors (Lipinski definition) is 4. The Kier molecular flexibility index (Phi) is 3.21. The van der Waals surface area contributed by atoms with Crippen LogP contribution in [-0.2, 0) is 9.47 Å². The van der Waals surface area contributed by atoms with Crippen LogP contribution in [0.3, 0.4) is 0 Å². The van der Waals surface area contributed by atoms with E-state index in [2.05, 4.69) is 4.98 Å². The lowest BCUT2D eigenvalue weighted by Gasteiger charge is -2.18. The van der Waals surface area contributed by atoms with Crippen molar-refractivity contribution in [2.45, 2.75) is 31.5 Å². The molecule has 0 saturated heterocycles. The summed E-state index contributed by atoms with van der Waals surface area (Å²) in [5, 5.41) is 0. The molecule has 19 heavy (non-hydrogen) atoms. The minimum absolute atomic E-state index is 0.0168. The molecule has 5 nitrogen and oxygen atoms in total. The number of rotatable bonds is 3. The Hall–Kier alpha value is -1.88. The van der Waals surface area contributed by atoms with E-state index in [-0.39, 0.29) is 18.2 Å². The molecule has 0 bridgehead atoms. The van der Waals surface area contributed by atoms with Gasteiger partial charge in [-0.3, -0.25) is 4.40 Å². The summed E-state index contributed by atoms with van der Waals surface area (Å²) in [7, 11) is 1.66. The van der Waals surface area contributed by atoms with Gasteiger partial charge in [0.25, 0.3) is 0 Å². The third kappa shape index (κ3) is 2.21. The number of hydrogen-bond donors (Lipinski definition) is 0. The molecule has 1 fully saturated rings. The van der Waals surface area contributed by atoms with Gasteiger partial charge in [0.15, 0.2) is 5.69 Å². The molecule has 1 aliphatic rings. The molecule has 0 unspecified atom stereocenters. The molecule has 0 aliphatic heterocycles. The monoisotopic (exact) mass is 260 g/mol. The van der Waals surface area contributed by atoms with E-state index in [9.17, 15) is 4.79 Å². The molecule has 0 radical (unpaired) electrons. The first-order chi connectivity index (χ1) is 9.29. The maximum Gasteiger partial charge on any atom is 0.357 e. The molecule has 2 atom stereocenters. The molecule has 2 aromatic rings. The van der Waals surface area contributed by atoms with Crippen molar-refractivity contribution in [2.24, 2.45) is 0 Å². The topological polar surface area (TPSA) is 52.8 Å². The second-order valence-electron chi connectivity index (χ2n) is 4.72. The second kappa shape index (κ2) is 5.01. The van der Waals surface area contributed by atoms with E-state index in [4.69, 9.17) is 9.47 Å². The Morgan fingerprint density at radius 1 is 1.37 bits per heavy atom. The highest BCUT2D eigenvalue weighted by atomic mass is 16.6. The first-order valence-corrected chi connectivity index (χ1v) is 6.45. The largest absolute Gasteiger partial charge is 0.455 e. The summed E-state index contributed by atoms with van der Waals surface area (Å²) < 4.78 is 12.6. The number of aromatic nitrogens is 2. The molecule has 100 valence electrons. The maximum absolute atomic E-state index is 12.2. The summed E-state index contributed by atoms with van der Waals surface area (Å²) in [6.07, 6.45) is 6.07. The van der Waals surface area contributed by atoms with Gasteiger partial charge in [-0.1, -0.05) is 6.07 Å². The van der Waals surface area contributed by atoms with Gasteiger partial charge in [0, 0.05) is 13.3 Å². The van der Waals surface area contributed by atoms with E-state index in [0.29, 0.717) is 5.69 Å². The summed E-state index contributed by atoms with van der Waals surface area (Å²) in [5.41, 5.74) is 1.20. The molecule has 0 N–H and O–H groups in total. The number of methoxy groups -OCH3 is 1. The third-order valence-corrected chi connectivity index (χ3v) is 3.58. The van der Waals surface area contributed by atoms with Crippen LogP contribution < -0.4 is 0 Å². The minimum Gasteiger partial charge on any atom is -0.455 e. The van der Waals surface area contributed by atoms with Gasteiger partial charge in [-0.25, -0.2) is 9.78 Å². The molecule has 1 saturated carbocycles. The first-order valence-electron chi connectivity index (χ1n) is 6.45. The lowest BCUT2D eigenvalue weighted by atomic mass is 10.2. The zero-order valence-electron chi connectivity index (χ0n) is 10.8. The molecule has 3 rings (SSSR count). The van der Waals surface area contributed by atoms with E-state index in [1.165, 1.54) is 0 Å². The van der Waals surface area contributed by atoms with E-state index < -0.39 is 0 Å². The van der Waals surface area contributed by atoms with Crippen molar-refractivity contribution < 1.29 is 14.3 Å². The van der Waals surface area contributed by atoms with Crippen LogP contribution >= 0.6 is 0 Å². The van der Waals surface area contributed by atoms with Crippen LogP contribution in [0.4, 0.5) is 0 Å². The van der Waals surface area contributed by atoms with Gasteiger partial charge in [-0.15, -0.1) is 0 Å². The summed E-state index contributed by atoms with van der Waals surface area (Å²) in [6.45, 7) is 0. The summed E-state index contributed by atoms with van der Waals surface area (Å²) >= 11 is 0. The standard InChI is InChI=1S/C14H16N2O3/c1-18-11-5-4-6-12(11)19-14(17)10-9-15-13-7-2-3-8-16(10)13/h2-3,7-9,11-12H,4-6H2,1H3/t11-,12-/m1/s1. The van der Waals surface area contributed by atoms with Gasteiger partial charge in [0.1, 0.15) is 11.8 Å². The van der Waals surface area contributed by atoms with Gasteiger partial charge in [0.05, 0.1) is 12.3 Å². The van der Waals surface area contributed by atoms with Crippen LogP contribution in [0.5, 0.6) is 0 Å². The van der Waals surface area contributed by atoms with Crippen LogP contribution in [0, 0.1) is 0 Å². The van der Waals surface area contributed by atoms with E-state index in [0.717, 1.165) is 24.9 Å². The highest BCUT2D eigenvalue weighted by Crippen LogP contribution is 2.25. The molecule has 0 spiro atoms. The minimum atomic E-state index is -0.340. The van der Waals surface area contributed by atoms with Crippen LogP contribution in [0.15, 0.2) is 30.6 Å². The summed E-state index contributed by atoms with van der Waals surface area (Å²) in [5.74, 6) is -0.340. The Balaban J connectivity index is 1.80. The van der Waals surface area contributed by atoms with Gasteiger partial charge >= 0.3 is 5.97 Å². The number of ether oxygens (including phenoxy) is 2. The van der Waals surface area contributed by atoms with Crippen molar-refractivity contribution in [3.05, 3.63) is 36.3 Å². The molecule has 2 aromatic heterocycles. The fraction of sp³-hybridized carbons (Fsp3) is 0.429. The Labute approximate surface area is 111 Å². The predicted octanol–water partition coefficient (Wildman–Crippen LogP) is 2.06. The van der Waals surface area contributed by atoms with Crippen LogP contribution in [0.25, 0.3) is 5.65 Å². The predicted molar refractivity (Wildman–Crippen MR) is 69.0 cm³/mol. The van der Waals surface area contributed by atoms with E-state index >= 15 is 0 Å². The number of esters is 1. The lowest BCUT2D eigenvalue weighted by molar-refractivity contribution is -0.0211. The van der Waals surface area contributed by atoms with Gasteiger partial charge in [-0.05, 0) is 31.4 Å². The number of carbonyl (C=O) groups is 1. The molecule has 0 aromatic carbocycles. The van der Waals surface area contributed by atoms with Crippen molar-refractivity contribution in [2.75, 3.05) is 7.11 Å². The van der Waals surface area contributed by atoms with Crippen LogP contribution in [0.1, 0.15) is 29.8 Å². The van der Waals surface area contributed by atoms with Gasteiger partial charge in [0.2, 0.25) is 0 Å². The maximum atomic E-state index is 12.2. The summed E-state index contributed by atoms with van der Waals surface area (Å²) in [4.78, 5) is 16.4. The molecule has 1 aliphatic carbocycles. The number of fused-ring (bicyclic) bond motifs is 1. The Morgan fingerprint density at radius 3 is 3.05 bits per heavy atom. The quantitative estimate of drug-likeness (QED) is 0.793. The third-order valence-electron chi connectivity index (χ3n) is 3.58. The highest BCUT2D eigenvalue weighted by Gasteiger charge is 2.31. The zero-order valence-corrected chi connectivity index (χ0v) is 10.8. The molecular formula is C14H16N2O3. The number of carbonyl (C=O) groups excluding carboxylic acids is 1. The first kappa shape index (κ1) is 12.2. The Morgan fingerprint density at radius 2 is 2.21 bits per heavy atom. The molecule has 2 heterocycles. The molecule has 5 heteroatoms. The lowest BCUT2D eigenvalue weighted by Crippen LogP contribution is -2.28. The second-order valence-corrected chi connectivity index (χ2v) is 4.72. The molecular weight excluding hydrogens is 244 g/mol. The van der Waals surface area contributed by atoms with E-state index in [1.807, 2.05) is 18.2 Å². The van der Waals surface area contributed by atoms with E-state index in [1.54, 1.807) is 23.9 Å². The number of imidazole rings is 1. The Bertz CT molecular complexity index is 593. The molecule has 0 amide bonds. The average molecular weight is 260 g/mol. The van der Waals surface area contributed by atoms with Crippen molar-refractivity contribution in [3.8, 4) is 0 Å². The van der Waals surface area contributed by atoms with Crippen molar-refractivity contribution in [3.63, 3.8) is 0 Å². The normalized spacial score (nSPS) is 22.8. The fourth-order valence-corrected chi connectivity index (χ4v) is 2.58. The van der Waals surface area contributed by atoms with Crippen molar-refractivity contribution in [1.82, 2.24) is 9.38 Å². The van der Waals surface area contributed by atoms with Crippen molar-refractivity contribution in [1.29, 1.82) is 0 Å². The fourth-order valence-electron chi connectivity index (χ4n) is 2.58. The SMILES string of the molecule is CO[C@@H]1CCC[C@H]1OC(=O)c1cnc2ccccn12. The smallest absolute Gasteiger partial charge is 0.357 e. The van der Waals surface area contributed by atoms with Crippen molar-refractivity contribution >= 4 is 11.6 Å².